The second-order valence-electron chi connectivity index (χ2n) is 5.11. The van der Waals surface area contributed by atoms with E-state index in [4.69, 9.17) is 0 Å². The summed E-state index contributed by atoms with van der Waals surface area (Å²) in [5, 5.41) is 6.87. The van der Waals surface area contributed by atoms with Crippen molar-refractivity contribution in [2.75, 3.05) is 39.8 Å². The molecule has 0 amide bonds. The molecule has 0 bridgehead atoms. The molecule has 15 heavy (non-hydrogen) atoms. The van der Waals surface area contributed by atoms with E-state index < -0.39 is 0 Å². The van der Waals surface area contributed by atoms with Gasteiger partial charge in [-0.05, 0) is 64.8 Å². The number of hydrogen-bond donors (Lipinski definition) is 2. The lowest BCUT2D eigenvalue weighted by atomic mass is 9.94. The molecule has 0 aliphatic carbocycles. The lowest BCUT2D eigenvalue weighted by Crippen LogP contribution is -2.36. The van der Waals surface area contributed by atoms with Gasteiger partial charge in [0.1, 0.15) is 0 Å². The molecule has 1 unspecified atom stereocenters. The second-order valence-corrected chi connectivity index (χ2v) is 5.11. The molecule has 0 aromatic carbocycles. The molecular weight excluding hydrogens is 186 g/mol. The Morgan fingerprint density at radius 3 is 2.47 bits per heavy atom. The predicted molar refractivity (Wildman–Crippen MR) is 64.1 cm³/mol. The molecule has 0 spiro atoms. The first-order chi connectivity index (χ1) is 7.36. The normalized spacial score (nSPS) is 28.8. The van der Waals surface area contributed by atoms with Crippen LogP contribution in [0.25, 0.3) is 0 Å². The monoisotopic (exact) mass is 211 g/mol. The van der Waals surface area contributed by atoms with Crippen molar-refractivity contribution in [3.8, 4) is 0 Å². The molecule has 2 saturated heterocycles. The van der Waals surface area contributed by atoms with E-state index in [1.165, 1.54) is 58.4 Å². The van der Waals surface area contributed by atoms with Gasteiger partial charge in [0.2, 0.25) is 0 Å². The molecule has 3 heteroatoms. The first-order valence-corrected chi connectivity index (χ1v) is 6.48. The van der Waals surface area contributed by atoms with Crippen LogP contribution in [0.2, 0.25) is 0 Å². The van der Waals surface area contributed by atoms with E-state index >= 15 is 0 Å². The van der Waals surface area contributed by atoms with Crippen LogP contribution in [0.15, 0.2) is 0 Å². The van der Waals surface area contributed by atoms with Gasteiger partial charge in [-0.2, -0.15) is 0 Å². The summed E-state index contributed by atoms with van der Waals surface area (Å²) in [6, 6.07) is 0.798. The fourth-order valence-corrected chi connectivity index (χ4v) is 2.75. The summed E-state index contributed by atoms with van der Waals surface area (Å²) in [5.41, 5.74) is 0. The van der Waals surface area contributed by atoms with Gasteiger partial charge >= 0.3 is 0 Å². The highest BCUT2D eigenvalue weighted by Gasteiger charge is 2.20. The van der Waals surface area contributed by atoms with Gasteiger partial charge in [-0.15, -0.1) is 0 Å². The van der Waals surface area contributed by atoms with Crippen LogP contribution in [0.4, 0.5) is 0 Å². The summed E-state index contributed by atoms with van der Waals surface area (Å²) in [6.07, 6.45) is 5.50. The zero-order valence-electron chi connectivity index (χ0n) is 9.97. The summed E-state index contributed by atoms with van der Waals surface area (Å²) in [4.78, 5) is 2.56. The smallest absolute Gasteiger partial charge is 0.0229 e. The van der Waals surface area contributed by atoms with Crippen molar-refractivity contribution in [1.82, 2.24) is 15.5 Å². The van der Waals surface area contributed by atoms with E-state index in [9.17, 15) is 0 Å². The van der Waals surface area contributed by atoms with Gasteiger partial charge in [-0.1, -0.05) is 0 Å². The topological polar surface area (TPSA) is 27.3 Å². The zero-order valence-corrected chi connectivity index (χ0v) is 9.97. The van der Waals surface area contributed by atoms with E-state index in [-0.39, 0.29) is 0 Å². The SMILES string of the molecule is CN(CCC1CCNCC1)C1CCNC1. The molecular formula is C12H25N3. The minimum absolute atomic E-state index is 0.798. The van der Waals surface area contributed by atoms with Crippen LogP contribution in [-0.2, 0) is 0 Å². The summed E-state index contributed by atoms with van der Waals surface area (Å²) in [6.45, 7) is 6.17. The maximum absolute atomic E-state index is 3.44. The molecule has 3 nitrogen and oxygen atoms in total. The van der Waals surface area contributed by atoms with Crippen molar-refractivity contribution in [2.24, 2.45) is 5.92 Å². The highest BCUT2D eigenvalue weighted by Crippen LogP contribution is 2.17. The highest BCUT2D eigenvalue weighted by atomic mass is 15.2. The third kappa shape index (κ3) is 3.44. The second kappa shape index (κ2) is 5.83. The van der Waals surface area contributed by atoms with Crippen LogP contribution in [0.1, 0.15) is 25.7 Å². The fourth-order valence-electron chi connectivity index (χ4n) is 2.75. The van der Waals surface area contributed by atoms with Gasteiger partial charge in [-0.3, -0.25) is 0 Å². The standard InChI is InChI=1S/C12H25N3/c1-15(12-4-8-14-10-12)9-5-11-2-6-13-7-3-11/h11-14H,2-10H2,1H3. The molecule has 2 heterocycles. The predicted octanol–water partition coefficient (Wildman–Crippen LogP) is 0.670. The van der Waals surface area contributed by atoms with Gasteiger partial charge in [0, 0.05) is 12.6 Å². The third-order valence-electron chi connectivity index (χ3n) is 4.01. The number of likely N-dealkylation sites (N-methyl/N-ethyl adjacent to an activating group) is 1. The van der Waals surface area contributed by atoms with E-state index in [0.717, 1.165) is 12.0 Å². The largest absolute Gasteiger partial charge is 0.317 e. The summed E-state index contributed by atoms with van der Waals surface area (Å²) in [7, 11) is 2.29. The van der Waals surface area contributed by atoms with Crippen LogP contribution < -0.4 is 10.6 Å². The minimum atomic E-state index is 0.798. The van der Waals surface area contributed by atoms with E-state index in [1.807, 2.05) is 0 Å². The van der Waals surface area contributed by atoms with Crippen LogP contribution in [0.5, 0.6) is 0 Å². The Kier molecular flexibility index (Phi) is 4.42. The Hall–Kier alpha value is -0.120. The quantitative estimate of drug-likeness (QED) is 0.716. The Morgan fingerprint density at radius 2 is 1.80 bits per heavy atom. The Morgan fingerprint density at radius 1 is 1.07 bits per heavy atom. The Balaban J connectivity index is 1.63. The van der Waals surface area contributed by atoms with E-state index in [2.05, 4.69) is 22.6 Å². The van der Waals surface area contributed by atoms with Gasteiger partial charge < -0.3 is 15.5 Å². The zero-order chi connectivity index (χ0) is 10.5. The van der Waals surface area contributed by atoms with Crippen molar-refractivity contribution < 1.29 is 0 Å². The first-order valence-electron chi connectivity index (χ1n) is 6.48. The summed E-state index contributed by atoms with van der Waals surface area (Å²) in [5.74, 6) is 0.975. The molecule has 0 aromatic heterocycles. The number of piperidine rings is 1. The van der Waals surface area contributed by atoms with Gasteiger partial charge in [0.15, 0.2) is 0 Å². The van der Waals surface area contributed by atoms with Gasteiger partial charge in [0.25, 0.3) is 0 Å². The van der Waals surface area contributed by atoms with Crippen LogP contribution >= 0.6 is 0 Å². The molecule has 2 rings (SSSR count). The number of hydrogen-bond acceptors (Lipinski definition) is 3. The number of nitrogens with one attached hydrogen (secondary N) is 2. The summed E-state index contributed by atoms with van der Waals surface area (Å²) >= 11 is 0. The van der Waals surface area contributed by atoms with Crippen molar-refractivity contribution in [1.29, 1.82) is 0 Å². The van der Waals surface area contributed by atoms with Crippen LogP contribution in [-0.4, -0.2) is 50.7 Å². The maximum Gasteiger partial charge on any atom is 0.0229 e. The van der Waals surface area contributed by atoms with Crippen LogP contribution in [0.3, 0.4) is 0 Å². The minimum Gasteiger partial charge on any atom is -0.317 e. The number of rotatable bonds is 4. The van der Waals surface area contributed by atoms with E-state index in [0.29, 0.717) is 0 Å². The van der Waals surface area contributed by atoms with Crippen molar-refractivity contribution in [2.45, 2.75) is 31.7 Å². The van der Waals surface area contributed by atoms with Gasteiger partial charge in [0.05, 0.1) is 0 Å². The third-order valence-corrected chi connectivity index (χ3v) is 4.01. The summed E-state index contributed by atoms with van der Waals surface area (Å²) < 4.78 is 0. The molecule has 0 aromatic rings. The molecule has 1 atom stereocenters. The lowest BCUT2D eigenvalue weighted by molar-refractivity contribution is 0.223. The van der Waals surface area contributed by atoms with Crippen LogP contribution in [0, 0.1) is 5.92 Å². The van der Waals surface area contributed by atoms with E-state index in [1.54, 1.807) is 0 Å². The maximum atomic E-state index is 3.44. The van der Waals surface area contributed by atoms with Gasteiger partial charge in [-0.25, -0.2) is 0 Å². The average molecular weight is 211 g/mol. The van der Waals surface area contributed by atoms with Crippen molar-refractivity contribution in [3.63, 3.8) is 0 Å². The average Bonchev–Trinajstić information content (AvgIpc) is 2.81. The molecule has 2 aliphatic heterocycles. The highest BCUT2D eigenvalue weighted by molar-refractivity contribution is 4.79. The first kappa shape index (κ1) is 11.4. The fraction of sp³-hybridized carbons (Fsp3) is 1.00. The Bertz CT molecular complexity index is 172. The lowest BCUT2D eigenvalue weighted by Gasteiger charge is -2.28. The Labute approximate surface area is 93.6 Å². The number of nitrogens with zero attached hydrogens (tertiary/aromatic N) is 1. The molecule has 2 aliphatic rings. The van der Waals surface area contributed by atoms with Crippen molar-refractivity contribution >= 4 is 0 Å². The molecule has 0 saturated carbocycles. The molecule has 2 fully saturated rings. The molecule has 0 radical (unpaired) electrons. The van der Waals surface area contributed by atoms with Crippen molar-refractivity contribution in [3.05, 3.63) is 0 Å². The molecule has 2 N–H and O–H groups in total. The molecule has 88 valence electrons.